The van der Waals surface area contributed by atoms with Crippen LogP contribution in [0.5, 0.6) is 0 Å². The number of nitrogens with zero attached hydrogens (tertiary/aromatic N) is 2. The van der Waals surface area contributed by atoms with Crippen LogP contribution in [0.2, 0.25) is 0 Å². The van der Waals surface area contributed by atoms with Gasteiger partial charge in [0.2, 0.25) is 0 Å². The summed E-state index contributed by atoms with van der Waals surface area (Å²) in [7, 11) is 0. The second-order valence-electron chi connectivity index (χ2n) is 4.80. The number of nitrogens with two attached hydrogens (primary N) is 1. The third-order valence-corrected chi connectivity index (χ3v) is 3.40. The summed E-state index contributed by atoms with van der Waals surface area (Å²) in [5, 5.41) is 3.41. The number of aromatic nitrogens is 1. The number of rotatable bonds is 4. The van der Waals surface area contributed by atoms with Crippen LogP contribution >= 0.6 is 0 Å². The van der Waals surface area contributed by atoms with Gasteiger partial charge in [-0.25, -0.2) is 4.98 Å². The van der Waals surface area contributed by atoms with Crippen LogP contribution < -0.4 is 11.1 Å². The van der Waals surface area contributed by atoms with E-state index in [0.717, 1.165) is 12.2 Å². The van der Waals surface area contributed by atoms with Gasteiger partial charge in [-0.2, -0.15) is 0 Å². The largest absolute Gasteiger partial charge is 0.384 e. The van der Waals surface area contributed by atoms with Gasteiger partial charge in [-0.3, -0.25) is 4.90 Å². The molecule has 3 N–H and O–H groups in total. The summed E-state index contributed by atoms with van der Waals surface area (Å²) in [4.78, 5) is 6.63. The van der Waals surface area contributed by atoms with Crippen LogP contribution in [0.25, 0.3) is 0 Å². The summed E-state index contributed by atoms with van der Waals surface area (Å²) in [5.74, 6) is 0.569. The van der Waals surface area contributed by atoms with E-state index < -0.39 is 0 Å². The molecule has 0 bridgehead atoms. The number of nitrogens with one attached hydrogen (secondary N) is 1. The van der Waals surface area contributed by atoms with Crippen LogP contribution in [0.15, 0.2) is 18.3 Å². The topological polar surface area (TPSA) is 54.2 Å². The molecule has 1 aliphatic rings. The van der Waals surface area contributed by atoms with Crippen molar-refractivity contribution in [3.05, 3.63) is 18.3 Å². The second kappa shape index (κ2) is 5.87. The highest BCUT2D eigenvalue weighted by molar-refractivity contribution is 5.45. The summed E-state index contributed by atoms with van der Waals surface area (Å²) in [6.45, 7) is 5.72. The molecule has 0 radical (unpaired) electrons. The zero-order chi connectivity index (χ0) is 12.1. The van der Waals surface area contributed by atoms with E-state index in [1.165, 1.54) is 32.4 Å². The minimum Gasteiger partial charge on any atom is -0.384 e. The monoisotopic (exact) mass is 234 g/mol. The summed E-state index contributed by atoms with van der Waals surface area (Å²) in [6.07, 6.45) is 5.86. The van der Waals surface area contributed by atoms with Gasteiger partial charge in [0.15, 0.2) is 0 Å². The van der Waals surface area contributed by atoms with Crippen molar-refractivity contribution in [1.82, 2.24) is 9.88 Å². The van der Waals surface area contributed by atoms with Gasteiger partial charge in [0.05, 0.1) is 11.9 Å². The molecule has 1 atom stereocenters. The van der Waals surface area contributed by atoms with E-state index in [4.69, 9.17) is 5.73 Å². The highest BCUT2D eigenvalue weighted by Crippen LogP contribution is 2.13. The standard InChI is InChI=1S/C13H22N4/c1-11(17-7-3-2-4-8-17)9-15-12-5-6-13(14)16-10-12/h5-6,10-11,15H,2-4,7-9H2,1H3,(H2,14,16). The van der Waals surface area contributed by atoms with Crippen molar-refractivity contribution < 1.29 is 0 Å². The summed E-state index contributed by atoms with van der Waals surface area (Å²) in [6, 6.07) is 4.38. The summed E-state index contributed by atoms with van der Waals surface area (Å²) < 4.78 is 0. The number of pyridine rings is 1. The third kappa shape index (κ3) is 3.60. The molecule has 0 aromatic carbocycles. The van der Waals surface area contributed by atoms with Crippen LogP contribution in [0.4, 0.5) is 11.5 Å². The van der Waals surface area contributed by atoms with Gasteiger partial charge in [0, 0.05) is 12.6 Å². The lowest BCUT2D eigenvalue weighted by Crippen LogP contribution is -2.41. The molecule has 1 aliphatic heterocycles. The van der Waals surface area contributed by atoms with Gasteiger partial charge in [-0.15, -0.1) is 0 Å². The van der Waals surface area contributed by atoms with Gasteiger partial charge >= 0.3 is 0 Å². The first-order valence-electron chi connectivity index (χ1n) is 6.45. The van der Waals surface area contributed by atoms with Crippen molar-refractivity contribution in [2.24, 2.45) is 0 Å². The molecule has 0 amide bonds. The van der Waals surface area contributed by atoms with Crippen molar-refractivity contribution in [1.29, 1.82) is 0 Å². The maximum absolute atomic E-state index is 5.55. The molecule has 1 unspecified atom stereocenters. The molecule has 4 nitrogen and oxygen atoms in total. The van der Waals surface area contributed by atoms with E-state index in [1.807, 2.05) is 12.1 Å². The first-order valence-corrected chi connectivity index (χ1v) is 6.45. The fourth-order valence-corrected chi connectivity index (χ4v) is 2.26. The average Bonchev–Trinajstić information content (AvgIpc) is 2.39. The van der Waals surface area contributed by atoms with Crippen LogP contribution in [0.3, 0.4) is 0 Å². The van der Waals surface area contributed by atoms with E-state index in [9.17, 15) is 0 Å². The second-order valence-corrected chi connectivity index (χ2v) is 4.80. The number of hydrogen-bond donors (Lipinski definition) is 2. The van der Waals surface area contributed by atoms with Gasteiger partial charge in [-0.1, -0.05) is 6.42 Å². The Balaban J connectivity index is 1.78. The third-order valence-electron chi connectivity index (χ3n) is 3.40. The molecular formula is C13H22N4. The Labute approximate surface area is 103 Å². The Kier molecular flexibility index (Phi) is 4.20. The molecule has 1 aromatic rings. The Morgan fingerprint density at radius 1 is 1.35 bits per heavy atom. The van der Waals surface area contributed by atoms with E-state index in [2.05, 4.69) is 22.1 Å². The molecule has 0 aliphatic carbocycles. The van der Waals surface area contributed by atoms with Gasteiger partial charge in [-0.05, 0) is 45.0 Å². The van der Waals surface area contributed by atoms with E-state index >= 15 is 0 Å². The maximum atomic E-state index is 5.55. The Bertz CT molecular complexity index is 330. The minimum absolute atomic E-state index is 0.569. The quantitative estimate of drug-likeness (QED) is 0.836. The zero-order valence-electron chi connectivity index (χ0n) is 10.5. The zero-order valence-corrected chi connectivity index (χ0v) is 10.5. The lowest BCUT2D eigenvalue weighted by Gasteiger charge is -2.32. The van der Waals surface area contributed by atoms with Crippen molar-refractivity contribution in [2.75, 3.05) is 30.7 Å². The molecule has 0 saturated carbocycles. The van der Waals surface area contributed by atoms with Crippen molar-refractivity contribution in [2.45, 2.75) is 32.2 Å². The lowest BCUT2D eigenvalue weighted by atomic mass is 10.1. The molecular weight excluding hydrogens is 212 g/mol. The Morgan fingerprint density at radius 2 is 2.12 bits per heavy atom. The Hall–Kier alpha value is -1.29. The van der Waals surface area contributed by atoms with Gasteiger partial charge < -0.3 is 11.1 Å². The first kappa shape index (κ1) is 12.2. The normalized spacial score (nSPS) is 18.9. The van der Waals surface area contributed by atoms with Crippen LogP contribution in [0.1, 0.15) is 26.2 Å². The number of piperidine rings is 1. The molecule has 1 aromatic heterocycles. The molecule has 94 valence electrons. The summed E-state index contributed by atoms with van der Waals surface area (Å²) >= 11 is 0. The molecule has 4 heteroatoms. The molecule has 0 spiro atoms. The van der Waals surface area contributed by atoms with Crippen LogP contribution in [0, 0.1) is 0 Å². The minimum atomic E-state index is 0.569. The van der Waals surface area contributed by atoms with E-state index in [-0.39, 0.29) is 0 Å². The van der Waals surface area contributed by atoms with Crippen molar-refractivity contribution >= 4 is 11.5 Å². The predicted octanol–water partition coefficient (Wildman–Crippen LogP) is 1.95. The van der Waals surface area contributed by atoms with Crippen LogP contribution in [-0.2, 0) is 0 Å². The number of nitrogen functional groups attached to an aromatic ring is 1. The van der Waals surface area contributed by atoms with Crippen molar-refractivity contribution in [3.8, 4) is 0 Å². The Morgan fingerprint density at radius 3 is 2.76 bits per heavy atom. The highest BCUT2D eigenvalue weighted by Gasteiger charge is 2.15. The lowest BCUT2D eigenvalue weighted by molar-refractivity contribution is 0.180. The van der Waals surface area contributed by atoms with Crippen molar-refractivity contribution in [3.63, 3.8) is 0 Å². The van der Waals surface area contributed by atoms with Gasteiger partial charge in [0.1, 0.15) is 5.82 Å². The number of hydrogen-bond acceptors (Lipinski definition) is 4. The SMILES string of the molecule is CC(CNc1ccc(N)nc1)N1CCCCC1. The average molecular weight is 234 g/mol. The summed E-state index contributed by atoms with van der Waals surface area (Å²) in [5.41, 5.74) is 6.60. The molecule has 1 saturated heterocycles. The highest BCUT2D eigenvalue weighted by atomic mass is 15.2. The molecule has 2 rings (SSSR count). The maximum Gasteiger partial charge on any atom is 0.123 e. The fourth-order valence-electron chi connectivity index (χ4n) is 2.26. The van der Waals surface area contributed by atoms with E-state index in [0.29, 0.717) is 11.9 Å². The number of anilines is 2. The molecule has 1 fully saturated rings. The van der Waals surface area contributed by atoms with Crippen LogP contribution in [-0.4, -0.2) is 35.6 Å². The fraction of sp³-hybridized carbons (Fsp3) is 0.615. The first-order chi connectivity index (χ1) is 8.25. The molecule has 17 heavy (non-hydrogen) atoms. The molecule has 2 heterocycles. The van der Waals surface area contributed by atoms with E-state index in [1.54, 1.807) is 6.20 Å². The number of likely N-dealkylation sites (tertiary alicyclic amines) is 1. The predicted molar refractivity (Wildman–Crippen MR) is 72.0 cm³/mol. The smallest absolute Gasteiger partial charge is 0.123 e. The van der Waals surface area contributed by atoms with Gasteiger partial charge in [0.25, 0.3) is 0 Å².